The zero-order valence-corrected chi connectivity index (χ0v) is 16.9. The lowest BCUT2D eigenvalue weighted by Gasteiger charge is -2.29. The Balaban J connectivity index is 1.94. The fourth-order valence-electron chi connectivity index (χ4n) is 4.08. The van der Waals surface area contributed by atoms with Crippen LogP contribution in [0, 0.1) is 11.4 Å². The molecule has 7 heteroatoms. The largest absolute Gasteiger partial charge is 0.368 e. The van der Waals surface area contributed by atoms with Gasteiger partial charge in [-0.25, -0.2) is 4.98 Å². The zero-order chi connectivity index (χ0) is 20.4. The van der Waals surface area contributed by atoms with Gasteiger partial charge in [-0.2, -0.15) is 9.49 Å². The molecule has 0 aromatic carbocycles. The number of nitrogens with two attached hydrogens (primary N) is 1. The molecule has 0 atom stereocenters. The summed E-state index contributed by atoms with van der Waals surface area (Å²) in [5, 5.41) is 7.54. The van der Waals surface area contributed by atoms with Crippen LogP contribution in [0.1, 0.15) is 64.4 Å². The summed E-state index contributed by atoms with van der Waals surface area (Å²) in [6.45, 7) is 4.49. The van der Waals surface area contributed by atoms with E-state index < -0.39 is 17.4 Å². The van der Waals surface area contributed by atoms with Gasteiger partial charge in [0.1, 0.15) is 11.4 Å². The summed E-state index contributed by atoms with van der Waals surface area (Å²) in [6.07, 6.45) is 8.15. The minimum absolute atomic E-state index is 0.265. The lowest BCUT2D eigenvalue weighted by molar-refractivity contribution is -0.122. The number of hydrogen-bond donors (Lipinski definition) is 3. The Labute approximate surface area is 165 Å². The Hall–Kier alpha value is -2.44. The van der Waals surface area contributed by atoms with E-state index in [1.807, 2.05) is 0 Å². The summed E-state index contributed by atoms with van der Waals surface area (Å²) in [5.74, 6) is -0.714. The number of anilines is 1. The molecule has 1 saturated carbocycles. The van der Waals surface area contributed by atoms with Crippen LogP contribution in [0.4, 0.5) is 10.2 Å². The molecule has 0 unspecified atom stereocenters. The average Bonchev–Trinajstić information content (AvgIpc) is 3.09. The maximum atomic E-state index is 14.4. The van der Waals surface area contributed by atoms with Crippen molar-refractivity contribution in [2.45, 2.75) is 64.3 Å². The highest BCUT2D eigenvalue weighted by atomic mass is 19.1. The molecule has 28 heavy (non-hydrogen) atoms. The number of amides is 1. The van der Waals surface area contributed by atoms with Crippen LogP contribution in [0.2, 0.25) is 0 Å². The topological polar surface area (TPSA) is 92.4 Å². The van der Waals surface area contributed by atoms with Gasteiger partial charge in [-0.3, -0.25) is 4.79 Å². The molecule has 0 radical (unpaired) electrons. The summed E-state index contributed by atoms with van der Waals surface area (Å²) in [7, 11) is 1.73. The second kappa shape index (κ2) is 7.89. The van der Waals surface area contributed by atoms with Crippen LogP contribution in [0.3, 0.4) is 0 Å². The molecule has 4 N–H and O–H groups in total. The Bertz CT molecular complexity index is 809. The Morgan fingerprint density at radius 2 is 1.96 bits per heavy atom. The number of primary amides is 1. The van der Waals surface area contributed by atoms with E-state index in [-0.39, 0.29) is 5.41 Å². The molecule has 1 amide bonds. The summed E-state index contributed by atoms with van der Waals surface area (Å²) < 4.78 is 14.4. The van der Waals surface area contributed by atoms with E-state index in [0.717, 1.165) is 37.7 Å². The van der Waals surface area contributed by atoms with Crippen molar-refractivity contribution >= 4 is 17.4 Å². The molecule has 6 nitrogen and oxygen atoms in total. The molecule has 2 aliphatic rings. The number of allylic oxidation sites excluding steroid dienone is 2. The first kappa shape index (κ1) is 20.3. The predicted octanol–water partition coefficient (Wildman–Crippen LogP) is 3.49. The fraction of sp³-hybridized carbons (Fsp3) is 0.571. The van der Waals surface area contributed by atoms with Gasteiger partial charge in [-0.05, 0) is 49.2 Å². The molecule has 1 fully saturated rings. The van der Waals surface area contributed by atoms with Crippen molar-refractivity contribution in [3.63, 3.8) is 0 Å². The minimum Gasteiger partial charge on any atom is -0.368 e. The highest BCUT2D eigenvalue weighted by molar-refractivity contribution is 6.13. The van der Waals surface area contributed by atoms with Crippen molar-refractivity contribution in [1.29, 1.82) is 0 Å². The van der Waals surface area contributed by atoms with E-state index >= 15 is 0 Å². The highest BCUT2D eigenvalue weighted by Crippen LogP contribution is 2.36. The molecule has 152 valence electrons. The van der Waals surface area contributed by atoms with Gasteiger partial charge in [0, 0.05) is 18.7 Å². The molecule has 3 rings (SSSR count). The number of hydrazone groups is 1. The van der Waals surface area contributed by atoms with Crippen LogP contribution in [-0.2, 0) is 4.79 Å². The number of carbonyl (C=O) groups excluding carboxylic acids is 1. The molecular weight excluding hydrogens is 357 g/mol. The second-order valence-corrected chi connectivity index (χ2v) is 8.62. The van der Waals surface area contributed by atoms with Crippen molar-refractivity contribution in [2.24, 2.45) is 16.3 Å². The van der Waals surface area contributed by atoms with Crippen molar-refractivity contribution in [3.8, 4) is 0 Å². The number of halogens is 1. The second-order valence-electron chi connectivity index (χ2n) is 8.62. The predicted molar refractivity (Wildman–Crippen MR) is 110 cm³/mol. The lowest BCUT2D eigenvalue weighted by Crippen LogP contribution is -2.48. The third-order valence-corrected chi connectivity index (χ3v) is 5.86. The van der Waals surface area contributed by atoms with Gasteiger partial charge in [-0.1, -0.05) is 32.8 Å². The summed E-state index contributed by atoms with van der Waals surface area (Å²) in [5.41, 5.74) is 10.3. The van der Waals surface area contributed by atoms with Crippen molar-refractivity contribution in [3.05, 3.63) is 35.3 Å². The summed E-state index contributed by atoms with van der Waals surface area (Å²) in [4.78, 5) is 16.0. The molecule has 1 heterocycles. The van der Waals surface area contributed by atoms with E-state index in [1.165, 1.54) is 6.07 Å². The Morgan fingerprint density at radius 1 is 1.25 bits per heavy atom. The van der Waals surface area contributed by atoms with Crippen LogP contribution >= 0.6 is 0 Å². The molecule has 0 bridgehead atoms. The number of hydrogen-bond acceptors (Lipinski definition) is 5. The molecule has 0 aliphatic heterocycles. The first-order chi connectivity index (χ1) is 13.2. The van der Waals surface area contributed by atoms with E-state index in [0.29, 0.717) is 29.9 Å². The first-order valence-corrected chi connectivity index (χ1v) is 9.95. The molecule has 2 aliphatic carbocycles. The van der Waals surface area contributed by atoms with Crippen LogP contribution in [0.15, 0.2) is 28.9 Å². The fourth-order valence-corrected chi connectivity index (χ4v) is 4.08. The van der Waals surface area contributed by atoms with Gasteiger partial charge in [0.05, 0.1) is 5.71 Å². The van der Waals surface area contributed by atoms with E-state index in [9.17, 15) is 9.18 Å². The van der Waals surface area contributed by atoms with Gasteiger partial charge < -0.3 is 16.5 Å². The SMILES string of the molecule is CN/N=C(\C1=CCC(C)(C)CC1)c1cc(F)nc(NC2(C(N)=O)CCCC2)c1. The first-order valence-electron chi connectivity index (χ1n) is 9.95. The maximum absolute atomic E-state index is 14.4. The van der Waals surface area contributed by atoms with Crippen LogP contribution in [0.5, 0.6) is 0 Å². The van der Waals surface area contributed by atoms with Crippen LogP contribution in [0.25, 0.3) is 0 Å². The minimum atomic E-state index is -0.855. The van der Waals surface area contributed by atoms with Crippen molar-refractivity contribution in [2.75, 3.05) is 12.4 Å². The smallest absolute Gasteiger partial charge is 0.243 e. The molecular formula is C21H30FN5O. The van der Waals surface area contributed by atoms with Gasteiger partial charge in [0.2, 0.25) is 11.9 Å². The van der Waals surface area contributed by atoms with Gasteiger partial charge in [0.15, 0.2) is 0 Å². The quantitative estimate of drug-likeness (QED) is 0.396. The average molecular weight is 388 g/mol. The van der Waals surface area contributed by atoms with Gasteiger partial charge >= 0.3 is 0 Å². The number of pyridine rings is 1. The number of carbonyl (C=O) groups is 1. The lowest BCUT2D eigenvalue weighted by atomic mass is 9.77. The Morgan fingerprint density at radius 3 is 2.54 bits per heavy atom. The summed E-state index contributed by atoms with van der Waals surface area (Å²) in [6, 6.07) is 3.14. The van der Waals surface area contributed by atoms with Crippen LogP contribution < -0.4 is 16.5 Å². The van der Waals surface area contributed by atoms with Gasteiger partial charge in [-0.15, -0.1) is 0 Å². The van der Waals surface area contributed by atoms with Gasteiger partial charge in [0.25, 0.3) is 0 Å². The number of aromatic nitrogens is 1. The third-order valence-electron chi connectivity index (χ3n) is 5.86. The van der Waals surface area contributed by atoms with E-state index in [4.69, 9.17) is 5.73 Å². The standard InChI is InChI=1S/C21H30FN5O/c1-20(2)10-6-14(7-11-20)18(27-24-3)15-12-16(22)25-17(13-15)26-21(19(23)28)8-4-5-9-21/h6,12-13,24H,4-5,7-11H2,1-3H3,(H2,23,28)(H,25,26)/b27-18+. The summed E-state index contributed by atoms with van der Waals surface area (Å²) >= 11 is 0. The third kappa shape index (κ3) is 4.34. The van der Waals surface area contributed by atoms with E-state index in [2.05, 4.69) is 40.8 Å². The van der Waals surface area contributed by atoms with Crippen molar-refractivity contribution < 1.29 is 9.18 Å². The van der Waals surface area contributed by atoms with Crippen LogP contribution in [-0.4, -0.2) is 29.2 Å². The number of rotatable bonds is 6. The Kier molecular flexibility index (Phi) is 5.72. The highest BCUT2D eigenvalue weighted by Gasteiger charge is 2.40. The van der Waals surface area contributed by atoms with E-state index in [1.54, 1.807) is 13.1 Å². The monoisotopic (exact) mass is 387 g/mol. The number of nitrogens with one attached hydrogen (secondary N) is 2. The molecule has 0 saturated heterocycles. The maximum Gasteiger partial charge on any atom is 0.243 e. The number of nitrogens with zero attached hydrogens (tertiary/aromatic N) is 2. The molecule has 1 aromatic rings. The van der Waals surface area contributed by atoms with Crippen molar-refractivity contribution in [1.82, 2.24) is 10.4 Å². The normalized spacial score (nSPS) is 21.1. The molecule has 0 spiro atoms. The zero-order valence-electron chi connectivity index (χ0n) is 16.9. The molecule has 1 aromatic heterocycles.